The molecule has 6 heteroatoms. The molecule has 0 saturated carbocycles. The van der Waals surface area contributed by atoms with Crippen molar-refractivity contribution in [3.8, 4) is 0 Å². The van der Waals surface area contributed by atoms with Gasteiger partial charge in [-0.05, 0) is 14.1 Å². The Hall–Kier alpha value is -1.40. The maximum Gasteiger partial charge on any atom is 0.266 e. The van der Waals surface area contributed by atoms with E-state index in [4.69, 9.17) is 4.74 Å². The number of likely N-dealkylation sites (N-methyl/N-ethyl adjacent to an activating group) is 1. The normalized spacial score (nSPS) is 10.7. The van der Waals surface area contributed by atoms with Gasteiger partial charge in [-0.25, -0.2) is 5.10 Å². The third kappa shape index (κ3) is 5.47. The summed E-state index contributed by atoms with van der Waals surface area (Å²) in [6.07, 6.45) is 1.57. The van der Waals surface area contributed by atoms with Gasteiger partial charge in [-0.2, -0.15) is 5.10 Å². The largest absolute Gasteiger partial charge is 0.381 e. The van der Waals surface area contributed by atoms with E-state index >= 15 is 0 Å². The summed E-state index contributed by atoms with van der Waals surface area (Å²) in [5.41, 5.74) is 0.499. The number of hydrogen-bond donors (Lipinski definition) is 2. The van der Waals surface area contributed by atoms with E-state index < -0.39 is 0 Å². The third-order valence-corrected chi connectivity index (χ3v) is 1.92. The molecule has 0 aliphatic carbocycles. The fourth-order valence-corrected chi connectivity index (χ4v) is 1.09. The van der Waals surface area contributed by atoms with E-state index in [-0.39, 0.29) is 5.56 Å². The Morgan fingerprint density at radius 3 is 3.00 bits per heavy atom. The van der Waals surface area contributed by atoms with Crippen LogP contribution < -0.4 is 10.9 Å². The van der Waals surface area contributed by atoms with Crippen molar-refractivity contribution in [2.75, 3.05) is 45.7 Å². The molecular formula is C10H18N4O2. The molecule has 6 nitrogen and oxygen atoms in total. The van der Waals surface area contributed by atoms with Gasteiger partial charge in [-0.3, -0.25) is 4.79 Å². The molecule has 0 radical (unpaired) electrons. The van der Waals surface area contributed by atoms with Crippen LogP contribution >= 0.6 is 0 Å². The van der Waals surface area contributed by atoms with Crippen molar-refractivity contribution in [2.45, 2.75) is 0 Å². The highest BCUT2D eigenvalue weighted by Gasteiger charge is 1.94. The Balaban J connectivity index is 2.09. The molecule has 90 valence electrons. The Kier molecular flexibility index (Phi) is 5.52. The van der Waals surface area contributed by atoms with E-state index in [1.165, 1.54) is 6.07 Å². The molecule has 0 bridgehead atoms. The monoisotopic (exact) mass is 226 g/mol. The lowest BCUT2D eigenvalue weighted by Crippen LogP contribution is -2.20. The third-order valence-electron chi connectivity index (χ3n) is 1.92. The number of aromatic amines is 1. The zero-order valence-electron chi connectivity index (χ0n) is 9.69. The number of anilines is 1. The first-order valence-electron chi connectivity index (χ1n) is 5.19. The average Bonchev–Trinajstić information content (AvgIpc) is 2.23. The SMILES string of the molecule is CN(C)CCOCCNc1cn[nH]c(=O)c1. The van der Waals surface area contributed by atoms with E-state index in [1.54, 1.807) is 6.20 Å². The van der Waals surface area contributed by atoms with Gasteiger partial charge in [0, 0.05) is 19.2 Å². The van der Waals surface area contributed by atoms with E-state index in [0.717, 1.165) is 6.54 Å². The lowest BCUT2D eigenvalue weighted by Gasteiger charge is -2.10. The number of ether oxygens (including phenoxy) is 1. The van der Waals surface area contributed by atoms with Crippen LogP contribution in [0.5, 0.6) is 0 Å². The highest BCUT2D eigenvalue weighted by Crippen LogP contribution is 1.96. The Bertz CT molecular complexity index is 351. The molecule has 1 heterocycles. The maximum absolute atomic E-state index is 10.9. The Labute approximate surface area is 94.6 Å². The molecule has 0 saturated heterocycles. The van der Waals surface area contributed by atoms with Crippen LogP contribution in [0.2, 0.25) is 0 Å². The fourth-order valence-electron chi connectivity index (χ4n) is 1.09. The van der Waals surface area contributed by atoms with Crippen LogP contribution in [0.1, 0.15) is 0 Å². The van der Waals surface area contributed by atoms with E-state index in [2.05, 4.69) is 20.4 Å². The minimum Gasteiger partial charge on any atom is -0.381 e. The number of hydrogen-bond acceptors (Lipinski definition) is 5. The molecule has 1 aromatic heterocycles. The molecule has 0 fully saturated rings. The number of H-pyrrole nitrogens is 1. The lowest BCUT2D eigenvalue weighted by molar-refractivity contribution is 0.126. The topological polar surface area (TPSA) is 70.2 Å². The van der Waals surface area contributed by atoms with Crippen molar-refractivity contribution in [1.82, 2.24) is 15.1 Å². The number of nitrogens with one attached hydrogen (secondary N) is 2. The highest BCUT2D eigenvalue weighted by atomic mass is 16.5. The van der Waals surface area contributed by atoms with Crippen molar-refractivity contribution < 1.29 is 4.74 Å². The minimum absolute atomic E-state index is 0.210. The van der Waals surface area contributed by atoms with Crippen LogP contribution in [0.15, 0.2) is 17.1 Å². The molecule has 0 spiro atoms. The first kappa shape index (κ1) is 12.7. The van der Waals surface area contributed by atoms with Gasteiger partial charge in [0.05, 0.1) is 25.1 Å². The minimum atomic E-state index is -0.210. The van der Waals surface area contributed by atoms with Gasteiger partial charge >= 0.3 is 0 Å². The summed E-state index contributed by atoms with van der Waals surface area (Å²) in [6, 6.07) is 1.47. The van der Waals surface area contributed by atoms with Gasteiger partial charge < -0.3 is 15.0 Å². The maximum atomic E-state index is 10.9. The smallest absolute Gasteiger partial charge is 0.266 e. The van der Waals surface area contributed by atoms with Gasteiger partial charge in [0.1, 0.15) is 0 Å². The molecule has 0 atom stereocenters. The summed E-state index contributed by atoms with van der Waals surface area (Å²) >= 11 is 0. The average molecular weight is 226 g/mol. The first-order chi connectivity index (χ1) is 7.68. The molecular weight excluding hydrogens is 208 g/mol. The predicted molar refractivity (Wildman–Crippen MR) is 62.7 cm³/mol. The summed E-state index contributed by atoms with van der Waals surface area (Å²) in [5.74, 6) is 0. The molecule has 0 aliphatic heterocycles. The van der Waals surface area contributed by atoms with Gasteiger partial charge in [-0.1, -0.05) is 0 Å². The van der Waals surface area contributed by atoms with E-state index in [0.29, 0.717) is 25.4 Å². The van der Waals surface area contributed by atoms with Gasteiger partial charge in [0.15, 0.2) is 0 Å². The van der Waals surface area contributed by atoms with E-state index in [1.807, 2.05) is 14.1 Å². The molecule has 16 heavy (non-hydrogen) atoms. The second kappa shape index (κ2) is 6.97. The van der Waals surface area contributed by atoms with Crippen LogP contribution in [0.4, 0.5) is 5.69 Å². The quantitative estimate of drug-likeness (QED) is 0.628. The molecule has 0 amide bonds. The Morgan fingerprint density at radius 1 is 1.50 bits per heavy atom. The summed E-state index contributed by atoms with van der Waals surface area (Å²) < 4.78 is 5.39. The van der Waals surface area contributed by atoms with Crippen LogP contribution in [-0.4, -0.2) is 55.5 Å². The van der Waals surface area contributed by atoms with Gasteiger partial charge in [0.2, 0.25) is 0 Å². The summed E-state index contributed by atoms with van der Waals surface area (Å²) in [6.45, 7) is 2.90. The van der Waals surface area contributed by atoms with Gasteiger partial charge in [-0.15, -0.1) is 0 Å². The fraction of sp³-hybridized carbons (Fsp3) is 0.600. The molecule has 0 aliphatic rings. The zero-order chi connectivity index (χ0) is 11.8. The zero-order valence-corrected chi connectivity index (χ0v) is 9.69. The summed E-state index contributed by atoms with van der Waals surface area (Å²) in [5, 5.41) is 9.04. The standard InChI is InChI=1S/C10H18N4O2/c1-14(2)4-6-16-5-3-11-9-7-10(15)13-12-8-9/h7-8H,3-6H2,1-2H3,(H2,11,13,15). The van der Waals surface area contributed by atoms with Crippen LogP contribution in [0.25, 0.3) is 0 Å². The predicted octanol–water partition coefficient (Wildman–Crippen LogP) is -0.240. The summed E-state index contributed by atoms with van der Waals surface area (Å²) in [7, 11) is 4.01. The molecule has 2 N–H and O–H groups in total. The first-order valence-corrected chi connectivity index (χ1v) is 5.19. The number of aromatic nitrogens is 2. The van der Waals surface area contributed by atoms with Gasteiger partial charge in [0.25, 0.3) is 5.56 Å². The lowest BCUT2D eigenvalue weighted by atomic mass is 10.4. The highest BCUT2D eigenvalue weighted by molar-refractivity contribution is 5.38. The van der Waals surface area contributed by atoms with Crippen molar-refractivity contribution in [1.29, 1.82) is 0 Å². The summed E-state index contributed by atoms with van der Waals surface area (Å²) in [4.78, 5) is 13.0. The molecule has 0 aromatic carbocycles. The van der Waals surface area contributed by atoms with Crippen LogP contribution in [0, 0.1) is 0 Å². The second-order valence-electron chi connectivity index (χ2n) is 3.68. The van der Waals surface area contributed by atoms with Crippen molar-refractivity contribution in [2.24, 2.45) is 0 Å². The molecule has 1 rings (SSSR count). The molecule has 1 aromatic rings. The number of rotatable bonds is 7. The molecule has 0 unspecified atom stereocenters. The van der Waals surface area contributed by atoms with Crippen molar-refractivity contribution in [3.05, 3.63) is 22.6 Å². The number of nitrogens with zero attached hydrogens (tertiary/aromatic N) is 2. The van der Waals surface area contributed by atoms with E-state index in [9.17, 15) is 4.79 Å². The second-order valence-corrected chi connectivity index (χ2v) is 3.68. The Morgan fingerprint density at radius 2 is 2.31 bits per heavy atom. The van der Waals surface area contributed by atoms with Crippen molar-refractivity contribution >= 4 is 5.69 Å². The van der Waals surface area contributed by atoms with Crippen LogP contribution in [-0.2, 0) is 4.74 Å². The van der Waals surface area contributed by atoms with Crippen LogP contribution in [0.3, 0.4) is 0 Å². The van der Waals surface area contributed by atoms with Crippen molar-refractivity contribution in [3.63, 3.8) is 0 Å².